The normalized spacial score (nSPS) is 14.7. The third-order valence-corrected chi connectivity index (χ3v) is 7.06. The number of carbonyl (C=O) groups excluding carboxylic acids is 1. The van der Waals surface area contributed by atoms with E-state index in [9.17, 15) is 18.0 Å². The lowest BCUT2D eigenvalue weighted by Gasteiger charge is -2.35. The summed E-state index contributed by atoms with van der Waals surface area (Å²) in [6.45, 7) is 7.23. The standard InChI is InChI=1S/C28H28F3N5O2/c1-18-5-4-6-19(2)23(18)17-34-11-13-35(14-12-34)27(37)22-16-32-36-25(28(29,30)31)15-24(33-26(22)36)20-7-9-21(38-3)10-8-20/h4-10,15-16H,11-14,17H2,1-3H3. The number of nitrogens with zero attached hydrogens (tertiary/aromatic N) is 5. The first-order valence-electron chi connectivity index (χ1n) is 12.3. The van der Waals surface area contributed by atoms with E-state index in [0.717, 1.165) is 12.6 Å². The molecule has 5 rings (SSSR count). The van der Waals surface area contributed by atoms with Gasteiger partial charge in [-0.25, -0.2) is 9.50 Å². The van der Waals surface area contributed by atoms with E-state index < -0.39 is 11.9 Å². The molecular formula is C28H28F3N5O2. The van der Waals surface area contributed by atoms with Crippen molar-refractivity contribution in [2.75, 3.05) is 33.3 Å². The van der Waals surface area contributed by atoms with Gasteiger partial charge in [0.05, 0.1) is 19.0 Å². The van der Waals surface area contributed by atoms with Crippen molar-refractivity contribution >= 4 is 11.6 Å². The number of carbonyl (C=O) groups is 1. The van der Waals surface area contributed by atoms with Crippen molar-refractivity contribution in [2.24, 2.45) is 0 Å². The molecule has 0 aliphatic carbocycles. The van der Waals surface area contributed by atoms with Crippen molar-refractivity contribution in [2.45, 2.75) is 26.6 Å². The van der Waals surface area contributed by atoms with Crippen LogP contribution < -0.4 is 4.74 Å². The zero-order valence-corrected chi connectivity index (χ0v) is 21.4. The molecule has 10 heteroatoms. The Hall–Kier alpha value is -3.92. The van der Waals surface area contributed by atoms with E-state index in [1.165, 1.54) is 30.0 Å². The second kappa shape index (κ2) is 10.1. The quantitative estimate of drug-likeness (QED) is 0.369. The molecule has 0 spiro atoms. The number of methoxy groups -OCH3 is 1. The lowest BCUT2D eigenvalue weighted by Crippen LogP contribution is -2.48. The Kier molecular flexibility index (Phi) is 6.83. The fraction of sp³-hybridized carbons (Fsp3) is 0.321. The first-order valence-corrected chi connectivity index (χ1v) is 12.3. The maximum atomic E-state index is 14.0. The summed E-state index contributed by atoms with van der Waals surface area (Å²) in [7, 11) is 1.51. The monoisotopic (exact) mass is 523 g/mol. The van der Waals surface area contributed by atoms with Gasteiger partial charge in [0.2, 0.25) is 0 Å². The van der Waals surface area contributed by atoms with Crippen molar-refractivity contribution in [3.8, 4) is 17.0 Å². The fourth-order valence-electron chi connectivity index (χ4n) is 4.83. The van der Waals surface area contributed by atoms with Gasteiger partial charge in [-0.2, -0.15) is 18.3 Å². The van der Waals surface area contributed by atoms with Gasteiger partial charge in [-0.1, -0.05) is 18.2 Å². The molecule has 2 aromatic carbocycles. The molecule has 1 amide bonds. The zero-order valence-electron chi connectivity index (χ0n) is 21.4. The molecule has 198 valence electrons. The number of aryl methyl sites for hydroxylation is 2. The maximum Gasteiger partial charge on any atom is 0.433 e. The summed E-state index contributed by atoms with van der Waals surface area (Å²) in [5.74, 6) is 0.196. The van der Waals surface area contributed by atoms with E-state index >= 15 is 0 Å². The van der Waals surface area contributed by atoms with Gasteiger partial charge >= 0.3 is 6.18 Å². The van der Waals surface area contributed by atoms with Gasteiger partial charge in [0, 0.05) is 38.3 Å². The Morgan fingerprint density at radius 3 is 2.26 bits per heavy atom. The van der Waals surface area contributed by atoms with Gasteiger partial charge in [0.15, 0.2) is 11.3 Å². The van der Waals surface area contributed by atoms with Crippen LogP contribution in [0.2, 0.25) is 0 Å². The summed E-state index contributed by atoms with van der Waals surface area (Å²) >= 11 is 0. The number of piperazine rings is 1. The lowest BCUT2D eigenvalue weighted by molar-refractivity contribution is -0.142. The summed E-state index contributed by atoms with van der Waals surface area (Å²) in [6.07, 6.45) is -3.51. The molecule has 0 radical (unpaired) electrons. The number of fused-ring (bicyclic) bond motifs is 1. The minimum Gasteiger partial charge on any atom is -0.497 e. The third kappa shape index (κ3) is 4.96. The van der Waals surface area contributed by atoms with Gasteiger partial charge in [-0.3, -0.25) is 9.69 Å². The van der Waals surface area contributed by atoms with Crippen LogP contribution in [-0.4, -0.2) is 63.6 Å². The summed E-state index contributed by atoms with van der Waals surface area (Å²) in [6, 6.07) is 13.7. The number of hydrogen-bond donors (Lipinski definition) is 0. The topological polar surface area (TPSA) is 63.0 Å². The van der Waals surface area contributed by atoms with E-state index in [4.69, 9.17) is 4.74 Å². The van der Waals surface area contributed by atoms with E-state index in [0.29, 0.717) is 42.0 Å². The predicted molar refractivity (Wildman–Crippen MR) is 137 cm³/mol. The molecule has 3 heterocycles. The Bertz CT molecular complexity index is 1450. The Morgan fingerprint density at radius 1 is 1.00 bits per heavy atom. The second-order valence-electron chi connectivity index (χ2n) is 9.49. The van der Waals surface area contributed by atoms with Crippen LogP contribution in [0.4, 0.5) is 13.2 Å². The minimum absolute atomic E-state index is 0.0501. The number of rotatable bonds is 5. The van der Waals surface area contributed by atoms with Crippen LogP contribution in [0.25, 0.3) is 16.9 Å². The average Bonchev–Trinajstić information content (AvgIpc) is 3.33. The highest BCUT2D eigenvalue weighted by Gasteiger charge is 2.36. The van der Waals surface area contributed by atoms with E-state index in [1.807, 2.05) is 6.07 Å². The lowest BCUT2D eigenvalue weighted by atomic mass is 10.0. The largest absolute Gasteiger partial charge is 0.497 e. The van der Waals surface area contributed by atoms with Crippen molar-refractivity contribution < 1.29 is 22.7 Å². The number of halogens is 3. The SMILES string of the molecule is COc1ccc(-c2cc(C(F)(F)F)n3ncc(C(=O)N4CCN(Cc5c(C)cccc5C)CC4)c3n2)cc1. The molecule has 38 heavy (non-hydrogen) atoms. The number of benzene rings is 2. The smallest absolute Gasteiger partial charge is 0.433 e. The molecule has 0 bridgehead atoms. The Balaban J connectivity index is 1.41. The van der Waals surface area contributed by atoms with Gasteiger partial charge in [-0.15, -0.1) is 0 Å². The number of hydrogen-bond acceptors (Lipinski definition) is 5. The van der Waals surface area contributed by atoms with E-state index in [1.54, 1.807) is 29.2 Å². The van der Waals surface area contributed by atoms with Gasteiger partial charge in [0.1, 0.15) is 11.3 Å². The van der Waals surface area contributed by atoms with Crippen LogP contribution in [0, 0.1) is 13.8 Å². The van der Waals surface area contributed by atoms with Crippen molar-refractivity contribution in [3.63, 3.8) is 0 Å². The van der Waals surface area contributed by atoms with Crippen LogP contribution in [-0.2, 0) is 12.7 Å². The molecule has 0 saturated carbocycles. The highest BCUT2D eigenvalue weighted by molar-refractivity contribution is 6.00. The number of alkyl halides is 3. The highest BCUT2D eigenvalue weighted by Crippen LogP contribution is 2.33. The predicted octanol–water partition coefficient (Wildman–Crippen LogP) is 5.00. The molecule has 0 atom stereocenters. The summed E-state index contributed by atoms with van der Waals surface area (Å²) < 4.78 is 47.7. The molecule has 0 N–H and O–H groups in total. The molecule has 1 aliphatic rings. The third-order valence-electron chi connectivity index (χ3n) is 7.06. The van der Waals surface area contributed by atoms with Gasteiger partial charge in [-0.05, 0) is 60.9 Å². The van der Waals surface area contributed by atoms with Crippen LogP contribution in [0.15, 0.2) is 54.7 Å². The minimum atomic E-state index is -4.69. The molecule has 1 aliphatic heterocycles. The van der Waals surface area contributed by atoms with E-state index in [2.05, 4.69) is 41.0 Å². The first-order chi connectivity index (χ1) is 18.2. The van der Waals surface area contributed by atoms with Crippen LogP contribution in [0.5, 0.6) is 5.75 Å². The summed E-state index contributed by atoms with van der Waals surface area (Å²) in [4.78, 5) is 21.8. The first kappa shape index (κ1) is 25.7. The molecule has 1 fully saturated rings. The highest BCUT2D eigenvalue weighted by atomic mass is 19.4. The van der Waals surface area contributed by atoms with Gasteiger partial charge < -0.3 is 9.64 Å². The molecule has 4 aromatic rings. The Labute approximate surface area is 218 Å². The molecular weight excluding hydrogens is 495 g/mol. The van der Waals surface area contributed by atoms with E-state index in [-0.39, 0.29) is 22.8 Å². The number of aromatic nitrogens is 3. The molecule has 1 saturated heterocycles. The zero-order chi connectivity index (χ0) is 27.0. The average molecular weight is 524 g/mol. The second-order valence-corrected chi connectivity index (χ2v) is 9.49. The van der Waals surface area contributed by atoms with Gasteiger partial charge in [0.25, 0.3) is 5.91 Å². The molecule has 0 unspecified atom stereocenters. The maximum absolute atomic E-state index is 14.0. The van der Waals surface area contributed by atoms with Crippen molar-refractivity contribution in [3.05, 3.63) is 82.7 Å². The van der Waals surface area contributed by atoms with Crippen LogP contribution >= 0.6 is 0 Å². The molecule has 7 nitrogen and oxygen atoms in total. The Morgan fingerprint density at radius 2 is 1.66 bits per heavy atom. The van der Waals surface area contributed by atoms with Crippen molar-refractivity contribution in [1.29, 1.82) is 0 Å². The summed E-state index contributed by atoms with van der Waals surface area (Å²) in [5, 5.41) is 3.91. The molecule has 2 aromatic heterocycles. The fourth-order valence-corrected chi connectivity index (χ4v) is 4.83. The number of amides is 1. The van der Waals surface area contributed by atoms with Crippen molar-refractivity contribution in [1.82, 2.24) is 24.4 Å². The van der Waals surface area contributed by atoms with Crippen LogP contribution in [0.3, 0.4) is 0 Å². The number of ether oxygens (including phenoxy) is 1. The van der Waals surface area contributed by atoms with Crippen LogP contribution in [0.1, 0.15) is 32.7 Å². The summed E-state index contributed by atoms with van der Waals surface area (Å²) in [5.41, 5.74) is 3.25.